The van der Waals surface area contributed by atoms with E-state index in [0.29, 0.717) is 23.7 Å². The summed E-state index contributed by atoms with van der Waals surface area (Å²) >= 11 is 0. The van der Waals surface area contributed by atoms with Crippen LogP contribution in [0, 0.1) is 6.92 Å². The molecule has 1 saturated heterocycles. The Morgan fingerprint density at radius 1 is 1.27 bits per heavy atom. The first-order chi connectivity index (χ1) is 10.5. The number of likely N-dealkylation sites (N-methyl/N-ethyl adjacent to an activating group) is 1. The van der Waals surface area contributed by atoms with Crippen LogP contribution in [0.2, 0.25) is 0 Å². The highest BCUT2D eigenvalue weighted by Gasteiger charge is 2.35. The van der Waals surface area contributed by atoms with Gasteiger partial charge in [0.25, 0.3) is 0 Å². The average Bonchev–Trinajstić information content (AvgIpc) is 3.18. The topological polar surface area (TPSA) is 104 Å². The second-order valence-electron chi connectivity index (χ2n) is 5.45. The summed E-state index contributed by atoms with van der Waals surface area (Å²) in [6, 6.07) is 6.65. The van der Waals surface area contributed by atoms with E-state index in [-0.39, 0.29) is 12.1 Å². The van der Waals surface area contributed by atoms with Crippen molar-refractivity contribution in [3.8, 4) is 0 Å². The van der Waals surface area contributed by atoms with E-state index in [2.05, 4.69) is 25.9 Å². The number of nitrogens with zero attached hydrogens (tertiary/aromatic N) is 4. The number of aryl methyl sites for hydroxylation is 1. The van der Waals surface area contributed by atoms with Gasteiger partial charge >= 0.3 is 0 Å². The molecule has 0 spiro atoms. The van der Waals surface area contributed by atoms with Crippen LogP contribution in [-0.4, -0.2) is 53.0 Å². The third-order valence-electron chi connectivity index (χ3n) is 3.99. The summed E-state index contributed by atoms with van der Waals surface area (Å²) in [6.45, 7) is 2.48. The summed E-state index contributed by atoms with van der Waals surface area (Å²) in [7, 11) is -1.89. The van der Waals surface area contributed by atoms with Crippen LogP contribution in [-0.2, 0) is 10.0 Å². The maximum absolute atomic E-state index is 12.7. The Kier molecular flexibility index (Phi) is 3.94. The van der Waals surface area contributed by atoms with Gasteiger partial charge in [-0.05, 0) is 25.5 Å². The molecule has 1 aromatic carbocycles. The van der Waals surface area contributed by atoms with Gasteiger partial charge in [0.2, 0.25) is 10.0 Å². The van der Waals surface area contributed by atoms with Crippen LogP contribution in [0.1, 0.15) is 23.9 Å². The van der Waals surface area contributed by atoms with Crippen molar-refractivity contribution >= 4 is 10.0 Å². The third kappa shape index (κ3) is 2.74. The standard InChI is InChI=1S/C13H18N6O2S/c1-9-3-5-11(6-4-9)22(20,21)19(2)10-7-12(14-8-10)13-15-17-18-16-13/h3-6,10,12,14H,7-8H2,1-2H3,(H,15,16,17,18)/t10-,12-/m0/s1. The Hall–Kier alpha value is -1.84. The van der Waals surface area contributed by atoms with Crippen molar-refractivity contribution in [2.75, 3.05) is 13.6 Å². The normalized spacial score (nSPS) is 22.3. The Morgan fingerprint density at radius 2 is 2.00 bits per heavy atom. The maximum Gasteiger partial charge on any atom is 0.243 e. The highest BCUT2D eigenvalue weighted by molar-refractivity contribution is 7.89. The second kappa shape index (κ2) is 5.75. The molecule has 8 nitrogen and oxygen atoms in total. The molecule has 0 bridgehead atoms. The number of rotatable bonds is 4. The third-order valence-corrected chi connectivity index (χ3v) is 5.92. The maximum atomic E-state index is 12.7. The minimum absolute atomic E-state index is 0.0839. The van der Waals surface area contributed by atoms with Crippen LogP contribution in [0.15, 0.2) is 29.2 Å². The molecule has 9 heteroatoms. The summed E-state index contributed by atoms with van der Waals surface area (Å²) < 4.78 is 26.8. The largest absolute Gasteiger partial charge is 0.306 e. The van der Waals surface area contributed by atoms with E-state index in [1.807, 2.05) is 6.92 Å². The number of hydrogen-bond acceptors (Lipinski definition) is 6. The molecular formula is C13H18N6O2S. The molecule has 0 aliphatic carbocycles. The number of benzene rings is 1. The molecule has 1 aliphatic heterocycles. The molecule has 1 aliphatic rings. The number of sulfonamides is 1. The minimum atomic E-state index is -3.50. The van der Waals surface area contributed by atoms with Gasteiger partial charge in [-0.3, -0.25) is 0 Å². The molecule has 0 saturated carbocycles. The van der Waals surface area contributed by atoms with Crippen molar-refractivity contribution in [1.82, 2.24) is 30.2 Å². The van der Waals surface area contributed by atoms with Gasteiger partial charge in [0, 0.05) is 19.6 Å². The molecule has 1 aromatic heterocycles. The smallest absolute Gasteiger partial charge is 0.243 e. The van der Waals surface area contributed by atoms with Gasteiger partial charge in [-0.1, -0.05) is 22.9 Å². The Labute approximate surface area is 129 Å². The number of tetrazole rings is 1. The average molecular weight is 322 g/mol. The van der Waals surface area contributed by atoms with Crippen molar-refractivity contribution < 1.29 is 8.42 Å². The molecule has 1 fully saturated rings. The van der Waals surface area contributed by atoms with E-state index >= 15 is 0 Å². The number of aromatic nitrogens is 4. The second-order valence-corrected chi connectivity index (χ2v) is 7.45. The van der Waals surface area contributed by atoms with E-state index < -0.39 is 10.0 Å². The molecule has 2 heterocycles. The van der Waals surface area contributed by atoms with Gasteiger partial charge in [-0.25, -0.2) is 8.42 Å². The summed E-state index contributed by atoms with van der Waals surface area (Å²) in [6.07, 6.45) is 0.612. The van der Waals surface area contributed by atoms with Crippen LogP contribution >= 0.6 is 0 Å². The SMILES string of the molecule is Cc1ccc(S(=O)(=O)N(C)[C@@H]2CN[C@H](c3nn[nH]n3)C2)cc1. The minimum Gasteiger partial charge on any atom is -0.306 e. The Morgan fingerprint density at radius 3 is 2.64 bits per heavy atom. The zero-order valence-corrected chi connectivity index (χ0v) is 13.2. The quantitative estimate of drug-likeness (QED) is 0.835. The molecule has 0 amide bonds. The monoisotopic (exact) mass is 322 g/mol. The van der Waals surface area contributed by atoms with E-state index in [1.54, 1.807) is 31.3 Å². The van der Waals surface area contributed by atoms with Crippen LogP contribution in [0.5, 0.6) is 0 Å². The first-order valence-corrected chi connectivity index (χ1v) is 8.44. The summed E-state index contributed by atoms with van der Waals surface area (Å²) in [5.41, 5.74) is 1.03. The summed E-state index contributed by atoms with van der Waals surface area (Å²) in [5, 5.41) is 17.1. The van der Waals surface area contributed by atoms with Crippen molar-refractivity contribution in [3.05, 3.63) is 35.7 Å². The lowest BCUT2D eigenvalue weighted by atomic mass is 10.2. The lowest BCUT2D eigenvalue weighted by Crippen LogP contribution is -2.38. The van der Waals surface area contributed by atoms with Crippen LogP contribution < -0.4 is 5.32 Å². The number of hydrogen-bond donors (Lipinski definition) is 2. The molecule has 2 N–H and O–H groups in total. The van der Waals surface area contributed by atoms with Gasteiger partial charge in [-0.15, -0.1) is 10.2 Å². The highest BCUT2D eigenvalue weighted by Crippen LogP contribution is 2.26. The van der Waals surface area contributed by atoms with E-state index in [9.17, 15) is 8.42 Å². The molecule has 3 rings (SSSR count). The Bertz CT molecular complexity index is 728. The zero-order valence-electron chi connectivity index (χ0n) is 12.4. The van der Waals surface area contributed by atoms with E-state index in [4.69, 9.17) is 0 Å². The van der Waals surface area contributed by atoms with Crippen molar-refractivity contribution in [2.45, 2.75) is 30.3 Å². The van der Waals surface area contributed by atoms with Crippen molar-refractivity contribution in [3.63, 3.8) is 0 Å². The predicted molar refractivity (Wildman–Crippen MR) is 79.5 cm³/mol. The van der Waals surface area contributed by atoms with Gasteiger partial charge in [-0.2, -0.15) is 9.52 Å². The molecule has 2 aromatic rings. The van der Waals surface area contributed by atoms with E-state index in [1.165, 1.54) is 4.31 Å². The lowest BCUT2D eigenvalue weighted by Gasteiger charge is -2.23. The fraction of sp³-hybridized carbons (Fsp3) is 0.462. The molecule has 118 valence electrons. The van der Waals surface area contributed by atoms with Crippen molar-refractivity contribution in [1.29, 1.82) is 0 Å². The van der Waals surface area contributed by atoms with Crippen LogP contribution in [0.4, 0.5) is 0 Å². The fourth-order valence-electron chi connectivity index (χ4n) is 2.58. The molecule has 2 atom stereocenters. The summed E-state index contributed by atoms with van der Waals surface area (Å²) in [5.74, 6) is 0.559. The first kappa shape index (κ1) is 15.1. The zero-order chi connectivity index (χ0) is 15.7. The fourth-order valence-corrected chi connectivity index (χ4v) is 3.95. The molecule has 0 unspecified atom stereocenters. The molecule has 0 radical (unpaired) electrons. The van der Waals surface area contributed by atoms with Gasteiger partial charge < -0.3 is 5.32 Å². The predicted octanol–water partition coefficient (Wildman–Crippen LogP) is 0.232. The highest BCUT2D eigenvalue weighted by atomic mass is 32.2. The first-order valence-electron chi connectivity index (χ1n) is 7.00. The lowest BCUT2D eigenvalue weighted by molar-refractivity contribution is 0.382. The Balaban J connectivity index is 1.76. The number of nitrogens with one attached hydrogen (secondary N) is 2. The number of H-pyrrole nitrogens is 1. The van der Waals surface area contributed by atoms with Gasteiger partial charge in [0.15, 0.2) is 5.82 Å². The number of aromatic amines is 1. The molecule has 22 heavy (non-hydrogen) atoms. The molecular weight excluding hydrogens is 304 g/mol. The van der Waals surface area contributed by atoms with Gasteiger partial charge in [0.1, 0.15) is 0 Å². The van der Waals surface area contributed by atoms with Crippen molar-refractivity contribution in [2.24, 2.45) is 0 Å². The summed E-state index contributed by atoms with van der Waals surface area (Å²) in [4.78, 5) is 0.309. The van der Waals surface area contributed by atoms with Gasteiger partial charge in [0.05, 0.1) is 10.9 Å². The van der Waals surface area contributed by atoms with Crippen LogP contribution in [0.25, 0.3) is 0 Å². The van der Waals surface area contributed by atoms with E-state index in [0.717, 1.165) is 5.56 Å². The van der Waals surface area contributed by atoms with Crippen LogP contribution in [0.3, 0.4) is 0 Å².